The molecule has 0 bridgehead atoms. The summed E-state index contributed by atoms with van der Waals surface area (Å²) in [5, 5.41) is 0.456. The molecule has 0 unspecified atom stereocenters. The van der Waals surface area contributed by atoms with Gasteiger partial charge in [0.2, 0.25) is 0 Å². The molecule has 0 saturated carbocycles. The quantitative estimate of drug-likeness (QED) is 0.603. The number of alkyl halides is 1. The monoisotopic (exact) mass is 203 g/mol. The molecule has 2 N–H and O–H groups in total. The maximum Gasteiger partial charge on any atom is 0.120 e. The standard InChI is InChI=1S/C9H11ClFNO/c10-8-6-7(2-3-9(8)12)13-5-1-4-11/h2-3,6H,1,4-5,12H2. The SMILES string of the molecule is Nc1ccc(OCCCF)cc1Cl. The average Bonchev–Trinajstić information content (AvgIpc) is 2.12. The Morgan fingerprint density at radius 2 is 2.23 bits per heavy atom. The number of benzene rings is 1. The summed E-state index contributed by atoms with van der Waals surface area (Å²) in [6.07, 6.45) is 0.391. The number of nitrogens with two attached hydrogens (primary N) is 1. The van der Waals surface area contributed by atoms with E-state index in [1.54, 1.807) is 18.2 Å². The van der Waals surface area contributed by atoms with Crippen LogP contribution in [-0.4, -0.2) is 13.3 Å². The fraction of sp³-hybridized carbons (Fsp3) is 0.333. The molecule has 72 valence electrons. The molecule has 13 heavy (non-hydrogen) atoms. The summed E-state index contributed by atoms with van der Waals surface area (Å²) in [6, 6.07) is 4.99. The van der Waals surface area contributed by atoms with Gasteiger partial charge < -0.3 is 10.5 Å². The Kier molecular flexibility index (Phi) is 3.83. The van der Waals surface area contributed by atoms with E-state index in [0.717, 1.165) is 0 Å². The van der Waals surface area contributed by atoms with Crippen molar-refractivity contribution in [2.24, 2.45) is 0 Å². The van der Waals surface area contributed by atoms with Gasteiger partial charge in [0, 0.05) is 12.5 Å². The van der Waals surface area contributed by atoms with E-state index in [2.05, 4.69) is 0 Å². The fourth-order valence-corrected chi connectivity index (χ4v) is 1.01. The van der Waals surface area contributed by atoms with Crippen LogP contribution in [0.4, 0.5) is 10.1 Å². The summed E-state index contributed by atoms with van der Waals surface area (Å²) in [7, 11) is 0. The van der Waals surface area contributed by atoms with Crippen molar-refractivity contribution < 1.29 is 9.13 Å². The molecule has 2 nitrogen and oxygen atoms in total. The molecule has 4 heteroatoms. The van der Waals surface area contributed by atoms with Crippen molar-refractivity contribution in [3.05, 3.63) is 23.2 Å². The third-order valence-electron chi connectivity index (χ3n) is 1.52. The number of rotatable bonds is 4. The molecular formula is C9H11ClFNO. The third-order valence-corrected chi connectivity index (χ3v) is 1.85. The highest BCUT2D eigenvalue weighted by Gasteiger charge is 1.98. The molecule has 0 heterocycles. The lowest BCUT2D eigenvalue weighted by molar-refractivity contribution is 0.290. The van der Waals surface area contributed by atoms with Crippen LogP contribution in [0.2, 0.25) is 5.02 Å². The van der Waals surface area contributed by atoms with Crippen LogP contribution in [0.3, 0.4) is 0 Å². The maximum atomic E-state index is 11.7. The Hall–Kier alpha value is -0.960. The molecule has 0 aliphatic heterocycles. The Morgan fingerprint density at radius 1 is 1.46 bits per heavy atom. The van der Waals surface area contributed by atoms with Crippen LogP contribution in [0.1, 0.15) is 6.42 Å². The molecule has 0 saturated heterocycles. The fourth-order valence-electron chi connectivity index (χ4n) is 0.842. The van der Waals surface area contributed by atoms with Crippen molar-refractivity contribution in [1.29, 1.82) is 0 Å². The Morgan fingerprint density at radius 3 is 2.85 bits per heavy atom. The Balaban J connectivity index is 2.53. The predicted molar refractivity (Wildman–Crippen MR) is 52.0 cm³/mol. The normalized spacial score (nSPS) is 10.0. The van der Waals surface area contributed by atoms with E-state index < -0.39 is 0 Å². The number of ether oxygens (including phenoxy) is 1. The zero-order chi connectivity index (χ0) is 9.68. The van der Waals surface area contributed by atoms with Gasteiger partial charge in [-0.3, -0.25) is 4.39 Å². The molecular weight excluding hydrogens is 193 g/mol. The van der Waals surface area contributed by atoms with Crippen LogP contribution in [0.15, 0.2) is 18.2 Å². The van der Waals surface area contributed by atoms with Gasteiger partial charge in [-0.05, 0) is 12.1 Å². The van der Waals surface area contributed by atoms with Crippen molar-refractivity contribution in [2.75, 3.05) is 19.0 Å². The van der Waals surface area contributed by atoms with E-state index in [9.17, 15) is 4.39 Å². The minimum atomic E-state index is -0.372. The lowest BCUT2D eigenvalue weighted by Gasteiger charge is -2.05. The highest BCUT2D eigenvalue weighted by atomic mass is 35.5. The predicted octanol–water partition coefficient (Wildman–Crippen LogP) is 2.66. The van der Waals surface area contributed by atoms with Crippen molar-refractivity contribution in [3.63, 3.8) is 0 Å². The first-order chi connectivity index (χ1) is 6.24. The van der Waals surface area contributed by atoms with Gasteiger partial charge in [0.15, 0.2) is 0 Å². The molecule has 1 aromatic rings. The number of halogens is 2. The zero-order valence-electron chi connectivity index (χ0n) is 7.09. The van der Waals surface area contributed by atoms with Gasteiger partial charge in [0.25, 0.3) is 0 Å². The van der Waals surface area contributed by atoms with Crippen LogP contribution in [0, 0.1) is 0 Å². The van der Waals surface area contributed by atoms with Gasteiger partial charge in [-0.25, -0.2) is 0 Å². The van der Waals surface area contributed by atoms with Crippen LogP contribution in [0.5, 0.6) is 5.75 Å². The first-order valence-electron chi connectivity index (χ1n) is 3.98. The minimum Gasteiger partial charge on any atom is -0.493 e. The third kappa shape index (κ3) is 3.11. The molecule has 0 amide bonds. The van der Waals surface area contributed by atoms with Gasteiger partial charge in [-0.15, -0.1) is 0 Å². The van der Waals surface area contributed by atoms with Gasteiger partial charge >= 0.3 is 0 Å². The van der Waals surface area contributed by atoms with E-state index in [1.165, 1.54) is 0 Å². The van der Waals surface area contributed by atoms with E-state index >= 15 is 0 Å². The van der Waals surface area contributed by atoms with Crippen LogP contribution in [0.25, 0.3) is 0 Å². The summed E-state index contributed by atoms with van der Waals surface area (Å²) in [5.41, 5.74) is 6.01. The topological polar surface area (TPSA) is 35.2 Å². The second-order valence-corrected chi connectivity index (χ2v) is 2.98. The van der Waals surface area contributed by atoms with E-state index in [-0.39, 0.29) is 6.67 Å². The first kappa shape index (κ1) is 10.1. The summed E-state index contributed by atoms with van der Waals surface area (Å²) in [4.78, 5) is 0. The van der Waals surface area contributed by atoms with E-state index in [1.807, 2.05) is 0 Å². The number of hydrogen-bond donors (Lipinski definition) is 1. The smallest absolute Gasteiger partial charge is 0.120 e. The van der Waals surface area contributed by atoms with Crippen LogP contribution >= 0.6 is 11.6 Å². The Bertz CT molecular complexity index is 280. The highest BCUT2D eigenvalue weighted by Crippen LogP contribution is 2.23. The Labute approximate surface area is 81.4 Å². The van der Waals surface area contributed by atoms with Gasteiger partial charge in [-0.1, -0.05) is 11.6 Å². The zero-order valence-corrected chi connectivity index (χ0v) is 7.85. The van der Waals surface area contributed by atoms with Crippen molar-refractivity contribution in [3.8, 4) is 5.75 Å². The second kappa shape index (κ2) is 4.92. The van der Waals surface area contributed by atoms with Crippen molar-refractivity contribution >= 4 is 17.3 Å². The lowest BCUT2D eigenvalue weighted by atomic mass is 10.3. The van der Waals surface area contributed by atoms with Gasteiger partial charge in [0.1, 0.15) is 5.75 Å². The molecule has 0 fully saturated rings. The number of anilines is 1. The molecule has 0 aliphatic rings. The first-order valence-corrected chi connectivity index (χ1v) is 4.35. The largest absolute Gasteiger partial charge is 0.493 e. The molecule has 1 aromatic carbocycles. The average molecular weight is 204 g/mol. The van der Waals surface area contributed by atoms with Crippen molar-refractivity contribution in [1.82, 2.24) is 0 Å². The minimum absolute atomic E-state index is 0.358. The summed E-state index contributed by atoms with van der Waals surface area (Å²) in [5.74, 6) is 0.618. The summed E-state index contributed by atoms with van der Waals surface area (Å²) < 4.78 is 16.9. The highest BCUT2D eigenvalue weighted by molar-refractivity contribution is 6.33. The molecule has 0 aromatic heterocycles. The van der Waals surface area contributed by atoms with Gasteiger partial charge in [-0.2, -0.15) is 0 Å². The van der Waals surface area contributed by atoms with Crippen LogP contribution < -0.4 is 10.5 Å². The van der Waals surface area contributed by atoms with Crippen LogP contribution in [-0.2, 0) is 0 Å². The molecule has 1 rings (SSSR count). The molecule has 0 aliphatic carbocycles. The molecule has 0 radical (unpaired) electrons. The molecule has 0 atom stereocenters. The number of nitrogen functional groups attached to an aromatic ring is 1. The molecule has 0 spiro atoms. The second-order valence-electron chi connectivity index (χ2n) is 2.57. The maximum absolute atomic E-state index is 11.7. The van der Waals surface area contributed by atoms with Gasteiger partial charge in [0.05, 0.1) is 24.0 Å². The van der Waals surface area contributed by atoms with E-state index in [4.69, 9.17) is 22.1 Å². The summed E-state index contributed by atoms with van der Waals surface area (Å²) in [6.45, 7) is -0.0144. The lowest BCUT2D eigenvalue weighted by Crippen LogP contribution is -1.98. The summed E-state index contributed by atoms with van der Waals surface area (Å²) >= 11 is 5.75. The van der Waals surface area contributed by atoms with Crippen molar-refractivity contribution in [2.45, 2.75) is 6.42 Å². The van der Waals surface area contributed by atoms with E-state index in [0.29, 0.717) is 29.5 Å². The number of hydrogen-bond acceptors (Lipinski definition) is 2.